The molecule has 0 amide bonds. The number of likely N-dealkylation sites (tertiary alicyclic amines) is 1. The van der Waals surface area contributed by atoms with E-state index in [2.05, 4.69) is 23.0 Å². The summed E-state index contributed by atoms with van der Waals surface area (Å²) in [4.78, 5) is 18.8. The number of rotatable bonds is 2. The maximum Gasteiger partial charge on any atom is 0.179 e. The van der Waals surface area contributed by atoms with E-state index in [9.17, 15) is 9.90 Å². The van der Waals surface area contributed by atoms with Crippen molar-refractivity contribution >= 4 is 16.7 Å². The second-order valence-corrected chi connectivity index (χ2v) is 7.52. The summed E-state index contributed by atoms with van der Waals surface area (Å²) >= 11 is 0. The molecule has 1 aliphatic heterocycles. The van der Waals surface area contributed by atoms with Gasteiger partial charge in [0.25, 0.3) is 0 Å². The van der Waals surface area contributed by atoms with E-state index in [1.165, 1.54) is 5.57 Å². The lowest BCUT2D eigenvalue weighted by molar-refractivity contribution is 0.0518. The molecule has 1 aromatic heterocycles. The maximum absolute atomic E-state index is 13.1. The number of aliphatic hydroxyl groups excluding tert-OH is 1. The lowest BCUT2D eigenvalue weighted by Crippen LogP contribution is -2.52. The van der Waals surface area contributed by atoms with Gasteiger partial charge in [-0.2, -0.15) is 0 Å². The fourth-order valence-electron chi connectivity index (χ4n) is 4.85. The van der Waals surface area contributed by atoms with Crippen molar-refractivity contribution in [3.63, 3.8) is 0 Å². The van der Waals surface area contributed by atoms with E-state index in [0.29, 0.717) is 6.42 Å². The second kappa shape index (κ2) is 6.56. The van der Waals surface area contributed by atoms with Crippen molar-refractivity contribution in [1.82, 2.24) is 9.88 Å². The van der Waals surface area contributed by atoms with Crippen LogP contribution in [0.1, 0.15) is 29.4 Å². The number of fused-ring (bicyclic) bond motifs is 5. The Morgan fingerprint density at radius 2 is 2.19 bits per heavy atom. The Balaban J connectivity index is 1.89. The van der Waals surface area contributed by atoms with Crippen molar-refractivity contribution in [2.45, 2.75) is 25.8 Å². The first kappa shape index (κ1) is 17.3. The smallest absolute Gasteiger partial charge is 0.179 e. The molecule has 0 radical (unpaired) electrons. The van der Waals surface area contributed by atoms with Gasteiger partial charge in [-0.3, -0.25) is 9.69 Å². The van der Waals surface area contributed by atoms with Crippen molar-refractivity contribution in [3.8, 4) is 5.75 Å². The van der Waals surface area contributed by atoms with Gasteiger partial charge < -0.3 is 14.8 Å². The number of aliphatic hydroxyl groups is 1. The van der Waals surface area contributed by atoms with Gasteiger partial charge in [0.1, 0.15) is 5.75 Å². The van der Waals surface area contributed by atoms with Gasteiger partial charge in [0.15, 0.2) is 5.78 Å². The number of hydrogen-bond acceptors (Lipinski definition) is 4. The molecule has 3 atom stereocenters. The van der Waals surface area contributed by atoms with E-state index in [1.807, 2.05) is 25.1 Å². The standard InChI is InChI=1S/C21H26N2O3/c1-4-12-10-23(2)19-8-16-15-7-13(26-3)5-6-18(15)22-21(16)20(25)9-14(12)17(19)11-24/h4-7,14,17,19,22,24H,8-11H2,1-3H3/b12-4-/t14-,17+,19-/m0/s1. The molecule has 2 N–H and O–H groups in total. The summed E-state index contributed by atoms with van der Waals surface area (Å²) < 4.78 is 5.38. The van der Waals surface area contributed by atoms with Crippen LogP contribution >= 0.6 is 0 Å². The number of Topliss-reactive ketones (excluding diaryl/α,β-unsaturated/α-hetero) is 1. The zero-order valence-electron chi connectivity index (χ0n) is 15.6. The summed E-state index contributed by atoms with van der Waals surface area (Å²) in [6, 6.07) is 6.11. The molecule has 0 spiro atoms. The fraction of sp³-hybridized carbons (Fsp3) is 0.476. The number of ether oxygens (including phenoxy) is 1. The number of aromatic amines is 1. The highest BCUT2D eigenvalue weighted by Crippen LogP contribution is 2.41. The first-order valence-electron chi connectivity index (χ1n) is 9.25. The number of carbonyl (C=O) groups excluding carboxylic acids is 1. The largest absolute Gasteiger partial charge is 0.497 e. The quantitative estimate of drug-likeness (QED) is 0.814. The maximum atomic E-state index is 13.1. The van der Waals surface area contributed by atoms with Crippen molar-refractivity contribution in [1.29, 1.82) is 0 Å². The Kier molecular flexibility index (Phi) is 4.37. The highest BCUT2D eigenvalue weighted by molar-refractivity contribution is 6.03. The van der Waals surface area contributed by atoms with E-state index < -0.39 is 0 Å². The van der Waals surface area contributed by atoms with Crippen LogP contribution in [0.3, 0.4) is 0 Å². The third-order valence-electron chi connectivity index (χ3n) is 6.28. The average molecular weight is 354 g/mol. The summed E-state index contributed by atoms with van der Waals surface area (Å²) in [6.45, 7) is 2.99. The molecule has 1 saturated heterocycles. The molecule has 2 aromatic rings. The number of piperidine rings is 1. The Bertz CT molecular complexity index is 883. The molecule has 1 aromatic carbocycles. The molecule has 1 fully saturated rings. The SMILES string of the molecule is C/C=C1/CN(C)[C@H]2Cc3c([nH]c4ccc(OC)cc34)C(=O)C[C@@H]1[C@H]2CO. The van der Waals surface area contributed by atoms with Crippen LogP contribution in [0.15, 0.2) is 29.8 Å². The van der Waals surface area contributed by atoms with Gasteiger partial charge in [-0.05, 0) is 50.1 Å². The molecule has 2 bridgehead atoms. The van der Waals surface area contributed by atoms with Gasteiger partial charge >= 0.3 is 0 Å². The molecule has 5 heteroatoms. The van der Waals surface area contributed by atoms with Crippen LogP contribution in [0.5, 0.6) is 5.75 Å². The van der Waals surface area contributed by atoms with Gasteiger partial charge in [0, 0.05) is 42.4 Å². The first-order chi connectivity index (χ1) is 12.6. The molecule has 2 aliphatic rings. The fourth-order valence-corrected chi connectivity index (χ4v) is 4.85. The normalized spacial score (nSPS) is 28.1. The predicted molar refractivity (Wildman–Crippen MR) is 102 cm³/mol. The molecule has 2 heterocycles. The molecule has 0 saturated carbocycles. The number of nitrogens with zero attached hydrogens (tertiary/aromatic N) is 1. The number of allylic oxidation sites excluding steroid dienone is 1. The lowest BCUT2D eigenvalue weighted by atomic mass is 9.71. The van der Waals surface area contributed by atoms with Gasteiger partial charge in [-0.15, -0.1) is 0 Å². The second-order valence-electron chi connectivity index (χ2n) is 7.52. The van der Waals surface area contributed by atoms with Crippen LogP contribution in [0.25, 0.3) is 10.9 Å². The van der Waals surface area contributed by atoms with E-state index in [4.69, 9.17) is 4.74 Å². The van der Waals surface area contributed by atoms with E-state index in [-0.39, 0.29) is 30.3 Å². The van der Waals surface area contributed by atoms with Crippen molar-refractivity contribution < 1.29 is 14.6 Å². The number of nitrogens with one attached hydrogen (secondary N) is 1. The Hall–Kier alpha value is -2.11. The molecular formula is C21H26N2O3. The molecule has 26 heavy (non-hydrogen) atoms. The minimum Gasteiger partial charge on any atom is -0.497 e. The van der Waals surface area contributed by atoms with E-state index >= 15 is 0 Å². The third-order valence-corrected chi connectivity index (χ3v) is 6.28. The van der Waals surface area contributed by atoms with Crippen LogP contribution in [0, 0.1) is 11.8 Å². The first-order valence-corrected chi connectivity index (χ1v) is 9.25. The van der Waals surface area contributed by atoms with Crippen LogP contribution in [-0.4, -0.2) is 54.1 Å². The average Bonchev–Trinajstić information content (AvgIpc) is 3.00. The Labute approximate surface area is 153 Å². The summed E-state index contributed by atoms with van der Waals surface area (Å²) in [7, 11) is 3.77. The number of carbonyl (C=O) groups is 1. The van der Waals surface area contributed by atoms with Gasteiger partial charge in [-0.25, -0.2) is 0 Å². The van der Waals surface area contributed by atoms with Crippen molar-refractivity contribution in [3.05, 3.63) is 41.1 Å². The number of benzene rings is 1. The Morgan fingerprint density at radius 3 is 2.88 bits per heavy atom. The van der Waals surface area contributed by atoms with Gasteiger partial charge in [0.2, 0.25) is 0 Å². The summed E-state index contributed by atoms with van der Waals surface area (Å²) in [5.74, 6) is 1.12. The zero-order chi connectivity index (χ0) is 18.4. The molecule has 138 valence electrons. The summed E-state index contributed by atoms with van der Waals surface area (Å²) in [6.07, 6.45) is 3.32. The van der Waals surface area contributed by atoms with Gasteiger partial charge in [-0.1, -0.05) is 11.6 Å². The number of hydrogen-bond donors (Lipinski definition) is 2. The highest BCUT2D eigenvalue weighted by atomic mass is 16.5. The zero-order valence-corrected chi connectivity index (χ0v) is 15.6. The number of likely N-dealkylation sites (N-methyl/N-ethyl adjacent to an activating group) is 1. The molecule has 4 rings (SSSR count). The minimum atomic E-state index is 0.0765. The number of methoxy groups -OCH3 is 1. The molecule has 0 unspecified atom stereocenters. The monoisotopic (exact) mass is 354 g/mol. The molecular weight excluding hydrogens is 328 g/mol. The van der Waals surface area contributed by atoms with Crippen molar-refractivity contribution in [2.75, 3.05) is 27.3 Å². The van der Waals surface area contributed by atoms with Crippen molar-refractivity contribution in [2.24, 2.45) is 11.8 Å². The van der Waals surface area contributed by atoms with E-state index in [0.717, 1.165) is 40.9 Å². The number of aromatic nitrogens is 1. The minimum absolute atomic E-state index is 0.0765. The predicted octanol–water partition coefficient (Wildman–Crippen LogP) is 2.79. The molecule has 1 aliphatic carbocycles. The van der Waals surface area contributed by atoms with Crippen LogP contribution in [0.4, 0.5) is 0 Å². The lowest BCUT2D eigenvalue weighted by Gasteiger charge is -2.46. The summed E-state index contributed by atoms with van der Waals surface area (Å²) in [5, 5.41) is 11.2. The number of ketones is 1. The van der Waals surface area contributed by atoms with Gasteiger partial charge in [0.05, 0.1) is 12.8 Å². The third kappa shape index (κ3) is 2.58. The molecule has 5 nitrogen and oxygen atoms in total. The number of H-pyrrole nitrogens is 1. The van der Waals surface area contributed by atoms with Crippen LogP contribution < -0.4 is 4.74 Å². The van der Waals surface area contributed by atoms with Crippen LogP contribution in [-0.2, 0) is 6.42 Å². The summed E-state index contributed by atoms with van der Waals surface area (Å²) in [5.41, 5.74) is 4.01. The van der Waals surface area contributed by atoms with E-state index in [1.54, 1.807) is 7.11 Å². The highest BCUT2D eigenvalue weighted by Gasteiger charge is 2.42. The van der Waals surface area contributed by atoms with Crippen LogP contribution in [0.2, 0.25) is 0 Å². The topological polar surface area (TPSA) is 65.6 Å². The Morgan fingerprint density at radius 1 is 1.38 bits per heavy atom.